The minimum Gasteiger partial charge on any atom is -0.456 e. The zero-order valence-corrected chi connectivity index (χ0v) is 12.1. The largest absolute Gasteiger partial charge is 0.456 e. The summed E-state index contributed by atoms with van der Waals surface area (Å²) in [4.78, 5) is 16.4. The number of ether oxygens (including phenoxy) is 1. The number of hydrogen-bond donors (Lipinski definition) is 0. The lowest BCUT2D eigenvalue weighted by atomic mass is 10.1. The van der Waals surface area contributed by atoms with Gasteiger partial charge in [-0.25, -0.2) is 9.18 Å². The van der Waals surface area contributed by atoms with Gasteiger partial charge in [-0.15, -0.1) is 5.10 Å². The van der Waals surface area contributed by atoms with Crippen LogP contribution in [0.25, 0.3) is 11.3 Å². The number of benzene rings is 1. The molecule has 110 valence electrons. The highest BCUT2D eigenvalue weighted by Crippen LogP contribution is 2.25. The number of aromatic nitrogens is 3. The van der Waals surface area contributed by atoms with Gasteiger partial charge in [-0.05, 0) is 41.9 Å². The minimum atomic E-state index is -0.516. The van der Waals surface area contributed by atoms with E-state index in [9.17, 15) is 9.18 Å². The fraction of sp³-hybridized carbons (Fsp3) is 0.0667. The number of halogens is 1. The first-order chi connectivity index (χ1) is 10.7. The SMILES string of the molecule is O=C(OCc1cccnc1)c1snnc1-c1ccc(F)cc1. The van der Waals surface area contributed by atoms with Crippen LogP contribution in [0.3, 0.4) is 0 Å². The molecule has 0 saturated heterocycles. The molecule has 0 amide bonds. The second-order valence-electron chi connectivity index (χ2n) is 4.39. The summed E-state index contributed by atoms with van der Waals surface area (Å²) in [6.45, 7) is 0.118. The van der Waals surface area contributed by atoms with Crippen LogP contribution in [0.5, 0.6) is 0 Å². The molecule has 2 aromatic heterocycles. The number of nitrogens with zero attached hydrogens (tertiary/aromatic N) is 3. The second kappa shape index (κ2) is 6.40. The summed E-state index contributed by atoms with van der Waals surface area (Å²) in [6.07, 6.45) is 3.27. The van der Waals surface area contributed by atoms with Gasteiger partial charge >= 0.3 is 5.97 Å². The molecule has 3 rings (SSSR count). The fourth-order valence-electron chi connectivity index (χ4n) is 1.82. The highest BCUT2D eigenvalue weighted by Gasteiger charge is 2.19. The maximum absolute atomic E-state index is 13.0. The van der Waals surface area contributed by atoms with E-state index in [-0.39, 0.29) is 17.3 Å². The summed E-state index contributed by atoms with van der Waals surface area (Å²) >= 11 is 0.947. The lowest BCUT2D eigenvalue weighted by molar-refractivity contribution is 0.0479. The maximum Gasteiger partial charge on any atom is 0.352 e. The molecule has 0 aliphatic heterocycles. The molecule has 0 atom stereocenters. The Morgan fingerprint density at radius 2 is 2.05 bits per heavy atom. The Morgan fingerprint density at radius 3 is 2.77 bits per heavy atom. The molecule has 2 heterocycles. The van der Waals surface area contributed by atoms with E-state index in [2.05, 4.69) is 14.6 Å². The average Bonchev–Trinajstić information content (AvgIpc) is 3.04. The third kappa shape index (κ3) is 3.15. The van der Waals surface area contributed by atoms with Gasteiger partial charge in [0.1, 0.15) is 18.1 Å². The van der Waals surface area contributed by atoms with E-state index in [1.165, 1.54) is 12.1 Å². The molecule has 3 aromatic rings. The van der Waals surface area contributed by atoms with Crippen molar-refractivity contribution in [1.82, 2.24) is 14.6 Å². The van der Waals surface area contributed by atoms with E-state index in [4.69, 9.17) is 4.74 Å². The summed E-state index contributed by atoms with van der Waals surface area (Å²) in [5.41, 5.74) is 1.79. The van der Waals surface area contributed by atoms with Crippen molar-refractivity contribution in [3.8, 4) is 11.3 Å². The lowest BCUT2D eigenvalue weighted by Gasteiger charge is -2.04. The van der Waals surface area contributed by atoms with Crippen LogP contribution in [0.4, 0.5) is 4.39 Å². The Hall–Kier alpha value is -2.67. The first kappa shape index (κ1) is 14.3. The number of pyridine rings is 1. The van der Waals surface area contributed by atoms with Gasteiger partial charge in [-0.3, -0.25) is 4.98 Å². The predicted octanol–water partition coefficient (Wildman–Crippen LogP) is 3.10. The molecule has 5 nitrogen and oxygen atoms in total. The first-order valence-electron chi connectivity index (χ1n) is 6.38. The normalized spacial score (nSPS) is 10.4. The molecular weight excluding hydrogens is 305 g/mol. The van der Waals surface area contributed by atoms with Crippen molar-refractivity contribution in [1.29, 1.82) is 0 Å². The summed E-state index contributed by atoms with van der Waals surface area (Å²) < 4.78 is 22.0. The monoisotopic (exact) mass is 315 g/mol. The van der Waals surface area contributed by atoms with Crippen molar-refractivity contribution in [3.05, 3.63) is 65.0 Å². The molecule has 22 heavy (non-hydrogen) atoms. The third-order valence-corrected chi connectivity index (χ3v) is 3.59. The van der Waals surface area contributed by atoms with Crippen molar-refractivity contribution in [2.24, 2.45) is 0 Å². The first-order valence-corrected chi connectivity index (χ1v) is 7.15. The van der Waals surface area contributed by atoms with Gasteiger partial charge < -0.3 is 4.74 Å². The van der Waals surface area contributed by atoms with Crippen molar-refractivity contribution < 1.29 is 13.9 Å². The van der Waals surface area contributed by atoms with Crippen LogP contribution in [0, 0.1) is 5.82 Å². The number of esters is 1. The van der Waals surface area contributed by atoms with Crippen molar-refractivity contribution in [3.63, 3.8) is 0 Å². The summed E-state index contributed by atoms with van der Waals surface area (Å²) in [6, 6.07) is 9.28. The number of carbonyl (C=O) groups excluding carboxylic acids is 1. The van der Waals surface area contributed by atoms with E-state index in [0.717, 1.165) is 17.1 Å². The van der Waals surface area contributed by atoms with Crippen molar-refractivity contribution in [2.45, 2.75) is 6.61 Å². The van der Waals surface area contributed by atoms with Gasteiger partial charge in [0.2, 0.25) is 0 Å². The third-order valence-electron chi connectivity index (χ3n) is 2.88. The number of carbonyl (C=O) groups is 1. The summed E-state index contributed by atoms with van der Waals surface area (Å²) in [5, 5.41) is 3.93. The zero-order valence-electron chi connectivity index (χ0n) is 11.3. The van der Waals surface area contributed by atoms with Crippen molar-refractivity contribution in [2.75, 3.05) is 0 Å². The van der Waals surface area contributed by atoms with Crippen LogP contribution in [0.1, 0.15) is 15.2 Å². The highest BCUT2D eigenvalue weighted by molar-refractivity contribution is 7.08. The Kier molecular flexibility index (Phi) is 4.15. The minimum absolute atomic E-state index is 0.118. The molecule has 0 saturated carbocycles. The van der Waals surface area contributed by atoms with E-state index in [1.54, 1.807) is 30.6 Å². The van der Waals surface area contributed by atoms with Crippen molar-refractivity contribution >= 4 is 17.5 Å². The maximum atomic E-state index is 13.0. The van der Waals surface area contributed by atoms with Gasteiger partial charge in [0.25, 0.3) is 0 Å². The van der Waals surface area contributed by atoms with Crippen LogP contribution >= 0.6 is 11.5 Å². The Bertz CT molecular complexity index is 775. The van der Waals surface area contributed by atoms with Crippen LogP contribution in [-0.4, -0.2) is 20.5 Å². The molecular formula is C15H10FN3O2S. The van der Waals surface area contributed by atoms with Crippen LogP contribution in [0.15, 0.2) is 48.8 Å². The number of rotatable bonds is 4. The van der Waals surface area contributed by atoms with E-state index in [0.29, 0.717) is 11.3 Å². The Balaban J connectivity index is 1.76. The topological polar surface area (TPSA) is 65.0 Å². The Morgan fingerprint density at radius 1 is 1.23 bits per heavy atom. The van der Waals surface area contributed by atoms with Gasteiger partial charge in [0.05, 0.1) is 0 Å². The second-order valence-corrected chi connectivity index (χ2v) is 5.15. The highest BCUT2D eigenvalue weighted by atomic mass is 32.1. The smallest absolute Gasteiger partial charge is 0.352 e. The molecule has 7 heteroatoms. The quantitative estimate of drug-likeness (QED) is 0.692. The predicted molar refractivity (Wildman–Crippen MR) is 78.7 cm³/mol. The van der Waals surface area contributed by atoms with Crippen LogP contribution in [0.2, 0.25) is 0 Å². The van der Waals surface area contributed by atoms with E-state index < -0.39 is 5.97 Å². The van der Waals surface area contributed by atoms with Crippen LogP contribution in [-0.2, 0) is 11.3 Å². The van der Waals surface area contributed by atoms with Gasteiger partial charge in [-0.2, -0.15) is 0 Å². The zero-order chi connectivity index (χ0) is 15.4. The molecule has 0 bridgehead atoms. The summed E-state index contributed by atoms with van der Waals surface area (Å²) in [7, 11) is 0. The lowest BCUT2D eigenvalue weighted by Crippen LogP contribution is -2.05. The number of hydrogen-bond acceptors (Lipinski definition) is 6. The van der Waals surface area contributed by atoms with E-state index >= 15 is 0 Å². The van der Waals surface area contributed by atoms with Gasteiger partial charge in [-0.1, -0.05) is 10.6 Å². The molecule has 0 spiro atoms. The average molecular weight is 315 g/mol. The summed E-state index contributed by atoms with van der Waals surface area (Å²) in [5.74, 6) is -0.870. The molecule has 0 fully saturated rings. The van der Waals surface area contributed by atoms with Crippen LogP contribution < -0.4 is 0 Å². The molecule has 0 unspecified atom stereocenters. The molecule has 0 aliphatic carbocycles. The Labute approximate surface area is 129 Å². The molecule has 0 aliphatic rings. The van der Waals surface area contributed by atoms with Gasteiger partial charge in [0, 0.05) is 23.5 Å². The standard InChI is InChI=1S/C15H10FN3O2S/c16-12-5-3-11(4-6-12)13-14(22-19-18-13)15(20)21-9-10-2-1-7-17-8-10/h1-8H,9H2. The van der Waals surface area contributed by atoms with E-state index in [1.807, 2.05) is 6.07 Å². The molecule has 1 aromatic carbocycles. The van der Waals surface area contributed by atoms with Gasteiger partial charge in [0.15, 0.2) is 4.88 Å². The molecule has 0 N–H and O–H groups in total. The fourth-order valence-corrected chi connectivity index (χ4v) is 2.40. The molecule has 0 radical (unpaired) electrons.